The number of hydrogen-bond acceptors (Lipinski definition) is 4. The molecule has 1 saturated heterocycles. The van der Waals surface area contributed by atoms with Gasteiger partial charge in [0.2, 0.25) is 5.91 Å². The summed E-state index contributed by atoms with van der Waals surface area (Å²) in [5.74, 6) is 0.612. The van der Waals surface area contributed by atoms with Crippen molar-refractivity contribution in [3.8, 4) is 0 Å². The summed E-state index contributed by atoms with van der Waals surface area (Å²) in [6.45, 7) is 1.51. The van der Waals surface area contributed by atoms with Crippen LogP contribution in [-0.2, 0) is 4.79 Å². The minimum absolute atomic E-state index is 0. The molecule has 0 unspecified atom stereocenters. The predicted molar refractivity (Wildman–Crippen MR) is 54.3 cm³/mol. The molecule has 0 spiro atoms. The Morgan fingerprint density at radius 2 is 2.29 bits per heavy atom. The summed E-state index contributed by atoms with van der Waals surface area (Å²) in [6.07, 6.45) is 4.65. The molecule has 0 aliphatic carbocycles. The van der Waals surface area contributed by atoms with Crippen molar-refractivity contribution in [2.45, 2.75) is 0 Å². The Labute approximate surface area is 87.7 Å². The van der Waals surface area contributed by atoms with Gasteiger partial charge in [0, 0.05) is 25.5 Å². The van der Waals surface area contributed by atoms with Gasteiger partial charge in [-0.05, 0) is 0 Å². The van der Waals surface area contributed by atoms with Crippen molar-refractivity contribution >= 4 is 24.1 Å². The van der Waals surface area contributed by atoms with Crippen LogP contribution in [0.25, 0.3) is 0 Å². The molecule has 1 amide bonds. The third-order valence-corrected chi connectivity index (χ3v) is 1.97. The van der Waals surface area contributed by atoms with E-state index in [1.54, 1.807) is 12.4 Å². The van der Waals surface area contributed by atoms with E-state index in [9.17, 15) is 4.79 Å². The summed E-state index contributed by atoms with van der Waals surface area (Å²) < 4.78 is 0. The van der Waals surface area contributed by atoms with Crippen LogP contribution in [0.15, 0.2) is 18.6 Å². The molecule has 2 rings (SSSR count). The van der Waals surface area contributed by atoms with E-state index >= 15 is 0 Å². The molecule has 0 aromatic carbocycles. The SMILES string of the molecule is Cl.O=C(Nc1cnccn1)C1CNC1. The van der Waals surface area contributed by atoms with Gasteiger partial charge in [-0.2, -0.15) is 0 Å². The quantitative estimate of drug-likeness (QED) is 0.731. The van der Waals surface area contributed by atoms with Gasteiger partial charge >= 0.3 is 0 Å². The monoisotopic (exact) mass is 214 g/mol. The maximum Gasteiger partial charge on any atom is 0.231 e. The van der Waals surface area contributed by atoms with Crippen LogP contribution in [0.2, 0.25) is 0 Å². The lowest BCUT2D eigenvalue weighted by Crippen LogP contribution is -2.48. The number of aromatic nitrogens is 2. The van der Waals surface area contributed by atoms with Gasteiger partial charge in [0.1, 0.15) is 0 Å². The summed E-state index contributed by atoms with van der Waals surface area (Å²) in [7, 11) is 0. The lowest BCUT2D eigenvalue weighted by atomic mass is 10.0. The summed E-state index contributed by atoms with van der Waals surface area (Å²) in [5.41, 5.74) is 0. The molecule has 2 heterocycles. The number of halogens is 1. The number of nitrogens with zero attached hydrogens (tertiary/aromatic N) is 2. The van der Waals surface area contributed by atoms with Gasteiger partial charge in [0.15, 0.2) is 5.82 Å². The Kier molecular flexibility index (Phi) is 3.79. The smallest absolute Gasteiger partial charge is 0.231 e. The van der Waals surface area contributed by atoms with E-state index in [4.69, 9.17) is 0 Å². The second-order valence-corrected chi connectivity index (χ2v) is 2.94. The maximum absolute atomic E-state index is 11.4. The van der Waals surface area contributed by atoms with Crippen molar-refractivity contribution in [3.05, 3.63) is 18.6 Å². The van der Waals surface area contributed by atoms with E-state index in [0.717, 1.165) is 13.1 Å². The summed E-state index contributed by atoms with van der Waals surface area (Å²) in [6, 6.07) is 0. The fraction of sp³-hybridized carbons (Fsp3) is 0.375. The fourth-order valence-electron chi connectivity index (χ4n) is 1.07. The van der Waals surface area contributed by atoms with E-state index in [-0.39, 0.29) is 24.2 Å². The average Bonchev–Trinajstić information content (AvgIpc) is 2.02. The zero-order valence-corrected chi connectivity index (χ0v) is 8.25. The molecule has 0 atom stereocenters. The van der Waals surface area contributed by atoms with Crippen LogP contribution in [-0.4, -0.2) is 29.0 Å². The third-order valence-electron chi connectivity index (χ3n) is 1.97. The first-order valence-electron chi connectivity index (χ1n) is 4.14. The summed E-state index contributed by atoms with van der Waals surface area (Å²) >= 11 is 0. The molecular weight excluding hydrogens is 204 g/mol. The van der Waals surface area contributed by atoms with Gasteiger partial charge in [-0.3, -0.25) is 9.78 Å². The van der Waals surface area contributed by atoms with Crippen molar-refractivity contribution in [2.75, 3.05) is 18.4 Å². The van der Waals surface area contributed by atoms with Crippen molar-refractivity contribution in [2.24, 2.45) is 5.92 Å². The second kappa shape index (κ2) is 4.88. The van der Waals surface area contributed by atoms with Gasteiger partial charge in [-0.25, -0.2) is 4.98 Å². The number of anilines is 1. The van der Waals surface area contributed by atoms with Gasteiger partial charge in [-0.15, -0.1) is 12.4 Å². The molecule has 0 bridgehead atoms. The Hall–Kier alpha value is -1.20. The molecule has 1 aliphatic heterocycles. The highest BCUT2D eigenvalue weighted by atomic mass is 35.5. The highest BCUT2D eigenvalue weighted by Gasteiger charge is 2.24. The fourth-order valence-corrected chi connectivity index (χ4v) is 1.07. The van der Waals surface area contributed by atoms with Gasteiger partial charge < -0.3 is 10.6 Å². The molecule has 1 fully saturated rings. The topological polar surface area (TPSA) is 66.9 Å². The standard InChI is InChI=1S/C8H10N4O.ClH/c13-8(6-3-10-4-6)12-7-5-9-1-2-11-7;/h1-2,5-6,10H,3-4H2,(H,11,12,13);1H. The minimum Gasteiger partial charge on any atom is -0.315 e. The van der Waals surface area contributed by atoms with Crippen molar-refractivity contribution in [1.29, 1.82) is 0 Å². The van der Waals surface area contributed by atoms with Crippen molar-refractivity contribution in [3.63, 3.8) is 0 Å². The summed E-state index contributed by atoms with van der Waals surface area (Å²) in [5, 5.41) is 5.72. The van der Waals surface area contributed by atoms with Gasteiger partial charge in [0.25, 0.3) is 0 Å². The molecule has 2 N–H and O–H groups in total. The Morgan fingerprint density at radius 3 is 2.79 bits per heavy atom. The lowest BCUT2D eigenvalue weighted by molar-refractivity contribution is -0.121. The van der Waals surface area contributed by atoms with E-state index in [1.807, 2.05) is 0 Å². The lowest BCUT2D eigenvalue weighted by Gasteiger charge is -2.25. The normalized spacial score (nSPS) is 15.1. The number of amides is 1. The molecule has 0 radical (unpaired) electrons. The van der Waals surface area contributed by atoms with E-state index in [1.165, 1.54) is 6.20 Å². The molecule has 76 valence electrons. The largest absolute Gasteiger partial charge is 0.315 e. The van der Waals surface area contributed by atoms with E-state index in [0.29, 0.717) is 5.82 Å². The average molecular weight is 215 g/mol. The Bertz CT molecular complexity index is 301. The number of carbonyl (C=O) groups excluding carboxylic acids is 1. The highest BCUT2D eigenvalue weighted by molar-refractivity contribution is 5.92. The number of nitrogens with one attached hydrogen (secondary N) is 2. The number of hydrogen-bond donors (Lipinski definition) is 2. The maximum atomic E-state index is 11.4. The van der Waals surface area contributed by atoms with Crippen LogP contribution in [0, 0.1) is 5.92 Å². The number of rotatable bonds is 2. The minimum atomic E-state index is 0. The molecule has 14 heavy (non-hydrogen) atoms. The Balaban J connectivity index is 0.000000980. The molecule has 1 aromatic rings. The van der Waals surface area contributed by atoms with Crippen LogP contribution in [0.1, 0.15) is 0 Å². The van der Waals surface area contributed by atoms with Gasteiger partial charge in [0.05, 0.1) is 12.1 Å². The first-order valence-corrected chi connectivity index (χ1v) is 4.14. The number of carbonyl (C=O) groups is 1. The van der Waals surface area contributed by atoms with Gasteiger partial charge in [-0.1, -0.05) is 0 Å². The molecule has 0 saturated carbocycles. The molecule has 5 nitrogen and oxygen atoms in total. The van der Waals surface area contributed by atoms with Crippen LogP contribution < -0.4 is 10.6 Å². The zero-order chi connectivity index (χ0) is 9.10. The molecule has 6 heteroatoms. The third kappa shape index (κ3) is 2.40. The van der Waals surface area contributed by atoms with Crippen LogP contribution in [0.5, 0.6) is 0 Å². The first-order chi connectivity index (χ1) is 6.36. The molecule has 1 aliphatic rings. The van der Waals surface area contributed by atoms with Crippen LogP contribution >= 0.6 is 12.4 Å². The highest BCUT2D eigenvalue weighted by Crippen LogP contribution is 2.06. The molecule has 1 aromatic heterocycles. The Morgan fingerprint density at radius 1 is 1.50 bits per heavy atom. The van der Waals surface area contributed by atoms with Crippen molar-refractivity contribution in [1.82, 2.24) is 15.3 Å². The molecular formula is C8H11ClN4O. The first kappa shape index (κ1) is 10.9. The van der Waals surface area contributed by atoms with E-state index in [2.05, 4.69) is 20.6 Å². The van der Waals surface area contributed by atoms with Crippen LogP contribution in [0.4, 0.5) is 5.82 Å². The zero-order valence-electron chi connectivity index (χ0n) is 7.43. The van der Waals surface area contributed by atoms with Crippen molar-refractivity contribution < 1.29 is 4.79 Å². The van der Waals surface area contributed by atoms with E-state index < -0.39 is 0 Å². The summed E-state index contributed by atoms with van der Waals surface area (Å²) in [4.78, 5) is 19.2. The predicted octanol–water partition coefficient (Wildman–Crippen LogP) is 0.0563. The van der Waals surface area contributed by atoms with Crippen LogP contribution in [0.3, 0.4) is 0 Å². The second-order valence-electron chi connectivity index (χ2n) is 2.94.